The van der Waals surface area contributed by atoms with Crippen LogP contribution in [0.15, 0.2) is 18.5 Å². The van der Waals surface area contributed by atoms with E-state index in [-0.39, 0.29) is 5.28 Å². The van der Waals surface area contributed by atoms with Gasteiger partial charge in [-0.05, 0) is 36.2 Å². The number of rotatable bonds is 2. The Balaban J connectivity index is 2.09. The van der Waals surface area contributed by atoms with Gasteiger partial charge in [0.15, 0.2) is 11.5 Å². The van der Waals surface area contributed by atoms with Crippen molar-refractivity contribution < 1.29 is 0 Å². The third-order valence-electron chi connectivity index (χ3n) is 2.76. The van der Waals surface area contributed by atoms with E-state index in [2.05, 4.69) is 25.3 Å². The van der Waals surface area contributed by atoms with Gasteiger partial charge in [-0.3, -0.25) is 0 Å². The molecule has 5 nitrogen and oxygen atoms in total. The normalized spacial score (nSPS) is 11.0. The minimum absolute atomic E-state index is 0.0985. The second-order valence-electron chi connectivity index (χ2n) is 4.15. The molecular formula is C12H8Cl3N5. The van der Waals surface area contributed by atoms with Crippen LogP contribution in [-0.4, -0.2) is 19.9 Å². The zero-order valence-electron chi connectivity index (χ0n) is 10.2. The maximum Gasteiger partial charge on any atom is 0.226 e. The van der Waals surface area contributed by atoms with Crippen LogP contribution >= 0.6 is 34.8 Å². The van der Waals surface area contributed by atoms with Crippen LogP contribution in [0.25, 0.3) is 11.2 Å². The smallest absolute Gasteiger partial charge is 0.226 e. The molecule has 3 aromatic rings. The lowest BCUT2D eigenvalue weighted by atomic mass is 10.2. The van der Waals surface area contributed by atoms with Crippen LogP contribution in [0.5, 0.6) is 0 Å². The molecule has 3 rings (SSSR count). The van der Waals surface area contributed by atoms with Gasteiger partial charge in [0.25, 0.3) is 0 Å². The summed E-state index contributed by atoms with van der Waals surface area (Å²) in [5.41, 5.74) is 2.64. The molecule has 0 unspecified atom stereocenters. The van der Waals surface area contributed by atoms with Crippen molar-refractivity contribution in [2.75, 3.05) is 5.32 Å². The highest BCUT2D eigenvalue weighted by Crippen LogP contribution is 2.32. The van der Waals surface area contributed by atoms with Gasteiger partial charge in [0.2, 0.25) is 5.28 Å². The lowest BCUT2D eigenvalue weighted by molar-refractivity contribution is 1.20. The molecule has 0 atom stereocenters. The maximum atomic E-state index is 6.19. The highest BCUT2D eigenvalue weighted by Gasteiger charge is 2.11. The fourth-order valence-corrected chi connectivity index (χ4v) is 2.36. The number of anilines is 2. The second kappa shape index (κ2) is 5.09. The van der Waals surface area contributed by atoms with E-state index in [1.54, 1.807) is 12.1 Å². The van der Waals surface area contributed by atoms with Gasteiger partial charge in [-0.25, -0.2) is 4.98 Å². The van der Waals surface area contributed by atoms with Gasteiger partial charge in [-0.1, -0.05) is 23.2 Å². The molecule has 102 valence electrons. The molecule has 0 fully saturated rings. The number of aromatic nitrogens is 4. The van der Waals surface area contributed by atoms with Crippen molar-refractivity contribution in [1.82, 2.24) is 19.9 Å². The number of hydrogen-bond donors (Lipinski definition) is 2. The first-order valence-corrected chi connectivity index (χ1v) is 6.77. The quantitative estimate of drug-likeness (QED) is 0.686. The Morgan fingerprint density at radius 3 is 2.70 bits per heavy atom. The maximum absolute atomic E-state index is 6.19. The first kappa shape index (κ1) is 13.4. The minimum atomic E-state index is 0.0985. The van der Waals surface area contributed by atoms with Crippen LogP contribution in [0.2, 0.25) is 15.3 Å². The van der Waals surface area contributed by atoms with E-state index in [0.717, 1.165) is 5.56 Å². The number of aryl methyl sites for hydroxylation is 1. The zero-order valence-corrected chi connectivity index (χ0v) is 12.5. The average molecular weight is 329 g/mol. The Morgan fingerprint density at radius 1 is 1.10 bits per heavy atom. The molecule has 0 saturated carbocycles. The Bertz CT molecular complexity index is 799. The molecule has 0 aliphatic rings. The molecule has 2 aromatic heterocycles. The van der Waals surface area contributed by atoms with Gasteiger partial charge in [-0.15, -0.1) is 0 Å². The van der Waals surface area contributed by atoms with Crippen LogP contribution in [0.1, 0.15) is 5.56 Å². The van der Waals surface area contributed by atoms with Crippen LogP contribution in [0, 0.1) is 6.92 Å². The van der Waals surface area contributed by atoms with Gasteiger partial charge in [0, 0.05) is 5.02 Å². The molecule has 0 amide bonds. The molecule has 0 spiro atoms. The average Bonchev–Trinajstić information content (AvgIpc) is 2.84. The van der Waals surface area contributed by atoms with Crippen LogP contribution in [0.3, 0.4) is 0 Å². The zero-order chi connectivity index (χ0) is 14.3. The number of fused-ring (bicyclic) bond motifs is 1. The van der Waals surface area contributed by atoms with E-state index in [0.29, 0.717) is 32.7 Å². The molecule has 0 aliphatic heterocycles. The molecule has 0 radical (unpaired) electrons. The number of hydrogen-bond acceptors (Lipinski definition) is 4. The predicted molar refractivity (Wildman–Crippen MR) is 81.2 cm³/mol. The van der Waals surface area contributed by atoms with Crippen LogP contribution in [-0.2, 0) is 0 Å². The summed E-state index contributed by atoms with van der Waals surface area (Å²) in [5, 5.41) is 4.33. The summed E-state index contributed by atoms with van der Waals surface area (Å²) >= 11 is 18.2. The van der Waals surface area contributed by atoms with Crippen molar-refractivity contribution in [3.8, 4) is 0 Å². The number of aromatic amines is 1. The van der Waals surface area contributed by atoms with Crippen LogP contribution < -0.4 is 5.32 Å². The Hall–Kier alpha value is -1.56. The highest BCUT2D eigenvalue weighted by molar-refractivity contribution is 6.36. The number of H-pyrrole nitrogens is 1. The van der Waals surface area contributed by atoms with E-state index in [4.69, 9.17) is 34.8 Å². The second-order valence-corrected chi connectivity index (χ2v) is 5.30. The number of imidazole rings is 1. The highest BCUT2D eigenvalue weighted by atomic mass is 35.5. The van der Waals surface area contributed by atoms with Gasteiger partial charge in [0.05, 0.1) is 17.0 Å². The van der Waals surface area contributed by atoms with Crippen molar-refractivity contribution in [2.24, 2.45) is 0 Å². The van der Waals surface area contributed by atoms with Gasteiger partial charge in [-0.2, -0.15) is 9.97 Å². The lowest BCUT2D eigenvalue weighted by Gasteiger charge is -2.10. The molecule has 0 bridgehead atoms. The minimum Gasteiger partial charge on any atom is -0.340 e. The Kier molecular flexibility index (Phi) is 3.41. The molecule has 8 heteroatoms. The molecule has 2 heterocycles. The van der Waals surface area contributed by atoms with E-state index in [1.807, 2.05) is 6.92 Å². The lowest BCUT2D eigenvalue weighted by Crippen LogP contribution is -1.98. The van der Waals surface area contributed by atoms with Crippen molar-refractivity contribution in [3.05, 3.63) is 39.4 Å². The van der Waals surface area contributed by atoms with Crippen LogP contribution in [0.4, 0.5) is 11.5 Å². The fraction of sp³-hybridized carbons (Fsp3) is 0.0833. The SMILES string of the molecule is Cc1cc(Cl)c(Nc2nc(Cl)nc3nc[nH]c23)cc1Cl. The first-order valence-electron chi connectivity index (χ1n) is 5.64. The molecule has 0 saturated heterocycles. The number of benzene rings is 1. The first-order chi connectivity index (χ1) is 9.54. The van der Waals surface area contributed by atoms with Crippen molar-refractivity contribution in [2.45, 2.75) is 6.92 Å². The third-order valence-corrected chi connectivity index (χ3v) is 3.65. The van der Waals surface area contributed by atoms with Crippen molar-refractivity contribution >= 4 is 57.5 Å². The van der Waals surface area contributed by atoms with Crippen molar-refractivity contribution in [1.29, 1.82) is 0 Å². The Morgan fingerprint density at radius 2 is 1.90 bits per heavy atom. The summed E-state index contributed by atoms with van der Waals surface area (Å²) in [7, 11) is 0. The molecule has 20 heavy (non-hydrogen) atoms. The van der Waals surface area contributed by atoms with Gasteiger partial charge >= 0.3 is 0 Å². The third kappa shape index (κ3) is 2.40. The monoisotopic (exact) mass is 327 g/mol. The van der Waals surface area contributed by atoms with E-state index in [1.165, 1.54) is 6.33 Å². The topological polar surface area (TPSA) is 66.5 Å². The summed E-state index contributed by atoms with van der Waals surface area (Å²) in [4.78, 5) is 15.1. The van der Waals surface area contributed by atoms with Gasteiger partial charge in [0.1, 0.15) is 5.52 Å². The predicted octanol–water partition coefficient (Wildman–Crippen LogP) is 4.37. The standard InChI is InChI=1S/C12H8Cl3N5/c1-5-2-7(14)8(3-6(5)13)18-11-9-10(17-4-16-9)19-12(15)20-11/h2-4H,1H3,(H2,16,17,18,19,20). The largest absolute Gasteiger partial charge is 0.340 e. The Labute approximate surface area is 129 Å². The summed E-state index contributed by atoms with van der Waals surface area (Å²) < 4.78 is 0. The fourth-order valence-electron chi connectivity index (χ4n) is 1.77. The van der Waals surface area contributed by atoms with E-state index < -0.39 is 0 Å². The molecule has 2 N–H and O–H groups in total. The van der Waals surface area contributed by atoms with E-state index in [9.17, 15) is 0 Å². The van der Waals surface area contributed by atoms with Gasteiger partial charge < -0.3 is 10.3 Å². The molecular weight excluding hydrogens is 321 g/mol. The van der Waals surface area contributed by atoms with Crippen molar-refractivity contribution in [3.63, 3.8) is 0 Å². The number of nitrogens with one attached hydrogen (secondary N) is 2. The number of halogens is 3. The summed E-state index contributed by atoms with van der Waals surface area (Å²) in [5.74, 6) is 0.485. The number of nitrogens with zero attached hydrogens (tertiary/aromatic N) is 3. The summed E-state index contributed by atoms with van der Waals surface area (Å²) in [6, 6.07) is 3.51. The molecule has 0 aliphatic carbocycles. The summed E-state index contributed by atoms with van der Waals surface area (Å²) in [6.45, 7) is 1.88. The molecule has 1 aromatic carbocycles. The summed E-state index contributed by atoms with van der Waals surface area (Å²) in [6.07, 6.45) is 1.52. The van der Waals surface area contributed by atoms with E-state index >= 15 is 0 Å².